The van der Waals surface area contributed by atoms with Crippen LogP contribution in [0.4, 0.5) is 0 Å². The van der Waals surface area contributed by atoms with Crippen molar-refractivity contribution < 1.29 is 9.53 Å². The fraction of sp³-hybridized carbons (Fsp3) is 0.308. The van der Waals surface area contributed by atoms with Gasteiger partial charge in [-0.3, -0.25) is 0 Å². The highest BCUT2D eigenvalue weighted by Gasteiger charge is 2.21. The first-order chi connectivity index (χ1) is 7.25. The van der Waals surface area contributed by atoms with Gasteiger partial charge in [-0.1, -0.05) is 30.3 Å². The molecule has 2 heteroatoms. The molecule has 0 saturated carbocycles. The van der Waals surface area contributed by atoms with Crippen LogP contribution < -0.4 is 0 Å². The largest absolute Gasteiger partial charge is 0.459 e. The highest BCUT2D eigenvalue weighted by molar-refractivity contribution is 5.94. The molecule has 0 bridgehead atoms. The lowest BCUT2D eigenvalue weighted by Gasteiger charge is -2.20. The van der Waals surface area contributed by atoms with E-state index in [0.717, 1.165) is 24.0 Å². The number of cyclic esters (lactones) is 1. The molecule has 78 valence electrons. The fourth-order valence-electron chi connectivity index (χ4n) is 1.66. The number of hydrogen-bond acceptors (Lipinski definition) is 2. The van der Waals surface area contributed by atoms with Crippen LogP contribution in [0.3, 0.4) is 0 Å². The van der Waals surface area contributed by atoms with Gasteiger partial charge in [0.15, 0.2) is 0 Å². The first-order valence-corrected chi connectivity index (χ1v) is 5.22. The number of benzene rings is 1. The molecular formula is C13H14O2. The van der Waals surface area contributed by atoms with E-state index in [9.17, 15) is 4.79 Å². The summed E-state index contributed by atoms with van der Waals surface area (Å²) in [5.74, 6) is -0.169. The molecular weight excluding hydrogens is 188 g/mol. The van der Waals surface area contributed by atoms with E-state index in [1.165, 1.54) is 0 Å². The first kappa shape index (κ1) is 9.97. The molecule has 1 fully saturated rings. The van der Waals surface area contributed by atoms with Crippen LogP contribution in [0.25, 0.3) is 6.08 Å². The van der Waals surface area contributed by atoms with Crippen LogP contribution in [-0.4, -0.2) is 12.1 Å². The van der Waals surface area contributed by atoms with Gasteiger partial charge in [-0.15, -0.1) is 0 Å². The maximum Gasteiger partial charge on any atom is 0.334 e. The molecule has 1 heterocycles. The molecule has 1 aromatic rings. The Bertz CT molecular complexity index is 379. The van der Waals surface area contributed by atoms with Crippen LogP contribution in [-0.2, 0) is 9.53 Å². The highest BCUT2D eigenvalue weighted by Crippen LogP contribution is 2.21. The molecule has 0 aliphatic carbocycles. The molecule has 15 heavy (non-hydrogen) atoms. The normalized spacial score (nSPS) is 23.9. The number of hydrogen-bond donors (Lipinski definition) is 0. The smallest absolute Gasteiger partial charge is 0.334 e. The summed E-state index contributed by atoms with van der Waals surface area (Å²) in [7, 11) is 0. The summed E-state index contributed by atoms with van der Waals surface area (Å²) in [6, 6.07) is 9.85. The second kappa shape index (κ2) is 4.30. The lowest BCUT2D eigenvalue weighted by Crippen LogP contribution is -2.22. The monoisotopic (exact) mass is 202 g/mol. The van der Waals surface area contributed by atoms with E-state index in [-0.39, 0.29) is 12.1 Å². The van der Waals surface area contributed by atoms with E-state index >= 15 is 0 Å². The second-order valence-corrected chi connectivity index (χ2v) is 3.83. The van der Waals surface area contributed by atoms with Crippen molar-refractivity contribution in [3.05, 3.63) is 41.5 Å². The van der Waals surface area contributed by atoms with Crippen molar-refractivity contribution in [1.82, 2.24) is 0 Å². The molecule has 0 N–H and O–H groups in total. The number of esters is 1. The van der Waals surface area contributed by atoms with Crippen molar-refractivity contribution in [2.45, 2.75) is 25.9 Å². The zero-order valence-electron chi connectivity index (χ0n) is 8.77. The molecule has 0 aromatic heterocycles. The first-order valence-electron chi connectivity index (χ1n) is 5.22. The minimum Gasteiger partial charge on any atom is -0.459 e. The molecule has 0 spiro atoms. The molecule has 1 atom stereocenters. The summed E-state index contributed by atoms with van der Waals surface area (Å²) in [4.78, 5) is 11.5. The Morgan fingerprint density at radius 1 is 1.33 bits per heavy atom. The zero-order chi connectivity index (χ0) is 10.7. The van der Waals surface area contributed by atoms with Crippen molar-refractivity contribution in [3.8, 4) is 0 Å². The predicted molar refractivity (Wildman–Crippen MR) is 59.2 cm³/mol. The Labute approximate surface area is 89.6 Å². The Morgan fingerprint density at radius 3 is 2.73 bits per heavy atom. The predicted octanol–water partition coefficient (Wildman–Crippen LogP) is 2.80. The van der Waals surface area contributed by atoms with Gasteiger partial charge < -0.3 is 4.74 Å². The summed E-state index contributed by atoms with van der Waals surface area (Å²) < 4.78 is 5.16. The summed E-state index contributed by atoms with van der Waals surface area (Å²) >= 11 is 0. The molecule has 2 nitrogen and oxygen atoms in total. The van der Waals surface area contributed by atoms with Gasteiger partial charge in [-0.25, -0.2) is 4.79 Å². The van der Waals surface area contributed by atoms with Crippen LogP contribution in [0.5, 0.6) is 0 Å². The van der Waals surface area contributed by atoms with Gasteiger partial charge in [0.25, 0.3) is 0 Å². The Kier molecular flexibility index (Phi) is 2.86. The van der Waals surface area contributed by atoms with Gasteiger partial charge in [-0.2, -0.15) is 0 Å². The lowest BCUT2D eigenvalue weighted by atomic mass is 10.0. The highest BCUT2D eigenvalue weighted by atomic mass is 16.5. The third kappa shape index (κ3) is 2.46. The van der Waals surface area contributed by atoms with Crippen molar-refractivity contribution in [1.29, 1.82) is 0 Å². The molecule has 0 amide bonds. The van der Waals surface area contributed by atoms with Gasteiger partial charge in [0.2, 0.25) is 0 Å². The number of carbonyl (C=O) groups is 1. The Balaban J connectivity index is 2.17. The summed E-state index contributed by atoms with van der Waals surface area (Å²) in [5, 5.41) is 0. The fourth-order valence-corrected chi connectivity index (χ4v) is 1.66. The number of rotatable bonds is 1. The van der Waals surface area contributed by atoms with Gasteiger partial charge in [0.1, 0.15) is 0 Å². The van der Waals surface area contributed by atoms with Gasteiger partial charge in [0, 0.05) is 5.57 Å². The van der Waals surface area contributed by atoms with E-state index in [1.54, 1.807) is 0 Å². The third-order valence-corrected chi connectivity index (χ3v) is 2.53. The van der Waals surface area contributed by atoms with Gasteiger partial charge >= 0.3 is 5.97 Å². The maximum atomic E-state index is 11.5. The quantitative estimate of drug-likeness (QED) is 0.517. The molecule has 1 saturated heterocycles. The average Bonchev–Trinajstić information content (AvgIpc) is 2.24. The van der Waals surface area contributed by atoms with E-state index in [4.69, 9.17) is 4.74 Å². The maximum absolute atomic E-state index is 11.5. The molecule has 1 aromatic carbocycles. The number of carbonyl (C=O) groups excluding carboxylic acids is 1. The molecule has 2 rings (SSSR count). The zero-order valence-corrected chi connectivity index (χ0v) is 8.77. The Morgan fingerprint density at radius 2 is 2.07 bits per heavy atom. The molecule has 1 aliphatic heterocycles. The second-order valence-electron chi connectivity index (χ2n) is 3.83. The van der Waals surface area contributed by atoms with Gasteiger partial charge in [0.05, 0.1) is 6.10 Å². The number of ether oxygens (including phenoxy) is 1. The topological polar surface area (TPSA) is 26.3 Å². The lowest BCUT2D eigenvalue weighted by molar-refractivity contribution is -0.146. The SMILES string of the molecule is CC1CC/C(=C/c2ccccc2)C(=O)O1. The van der Waals surface area contributed by atoms with Crippen molar-refractivity contribution in [3.63, 3.8) is 0 Å². The van der Waals surface area contributed by atoms with Crippen LogP contribution in [0, 0.1) is 0 Å². The van der Waals surface area contributed by atoms with Gasteiger partial charge in [-0.05, 0) is 31.4 Å². The summed E-state index contributed by atoms with van der Waals surface area (Å²) in [6.45, 7) is 1.93. The molecule has 0 radical (unpaired) electrons. The van der Waals surface area contributed by atoms with Crippen LogP contribution >= 0.6 is 0 Å². The van der Waals surface area contributed by atoms with Crippen LogP contribution in [0.15, 0.2) is 35.9 Å². The van der Waals surface area contributed by atoms with Crippen LogP contribution in [0.1, 0.15) is 25.3 Å². The van der Waals surface area contributed by atoms with E-state index in [0.29, 0.717) is 0 Å². The van der Waals surface area contributed by atoms with Crippen LogP contribution in [0.2, 0.25) is 0 Å². The minimum atomic E-state index is -0.169. The molecule has 1 aliphatic rings. The summed E-state index contributed by atoms with van der Waals surface area (Å²) in [6.07, 6.45) is 3.71. The van der Waals surface area contributed by atoms with Crippen molar-refractivity contribution in [2.75, 3.05) is 0 Å². The molecule has 1 unspecified atom stereocenters. The van der Waals surface area contributed by atoms with Crippen molar-refractivity contribution >= 4 is 12.0 Å². The van der Waals surface area contributed by atoms with Crippen molar-refractivity contribution in [2.24, 2.45) is 0 Å². The average molecular weight is 202 g/mol. The third-order valence-electron chi connectivity index (χ3n) is 2.53. The summed E-state index contributed by atoms with van der Waals surface area (Å²) in [5.41, 5.74) is 1.83. The van der Waals surface area contributed by atoms with E-state index < -0.39 is 0 Å². The van der Waals surface area contributed by atoms with E-state index in [2.05, 4.69) is 0 Å². The Hall–Kier alpha value is -1.57. The minimum absolute atomic E-state index is 0.0606. The van der Waals surface area contributed by atoms with E-state index in [1.807, 2.05) is 43.3 Å². The standard InChI is InChI=1S/C13H14O2/c1-10-7-8-12(13(14)15-10)9-11-5-3-2-4-6-11/h2-6,9-10H,7-8H2,1H3/b12-9-.